The fraction of sp³-hybridized carbons (Fsp3) is 0.286. The van der Waals surface area contributed by atoms with Crippen LogP contribution in [0.25, 0.3) is 5.69 Å². The summed E-state index contributed by atoms with van der Waals surface area (Å²) < 4.78 is 7.26. The molecule has 3 heterocycles. The summed E-state index contributed by atoms with van der Waals surface area (Å²) in [7, 11) is 0. The van der Waals surface area contributed by atoms with E-state index in [-0.39, 0.29) is 11.8 Å². The standard InChI is InChI=1S/C21H22N4O3/c1-15-12-18(16(2)28-15)20(26)23-8-10-24(11-9-23)21(27)19-13-22-14-25(19)17-6-4-3-5-7-17/h3-7,12-14H,8-11H2,1-2H3. The molecule has 7 heteroatoms. The van der Waals surface area contributed by atoms with Crippen molar-refractivity contribution in [1.82, 2.24) is 19.4 Å². The Hall–Kier alpha value is -3.35. The SMILES string of the molecule is Cc1cc(C(=O)N2CCN(C(=O)c3cncn3-c3ccccc3)CC2)c(C)o1. The van der Waals surface area contributed by atoms with Gasteiger partial charge >= 0.3 is 0 Å². The number of imidazole rings is 1. The van der Waals surface area contributed by atoms with E-state index in [1.807, 2.05) is 37.3 Å². The number of para-hydroxylation sites is 1. The van der Waals surface area contributed by atoms with Crippen LogP contribution in [0.4, 0.5) is 0 Å². The Bertz CT molecular complexity index is 998. The molecule has 0 atom stereocenters. The molecule has 7 nitrogen and oxygen atoms in total. The summed E-state index contributed by atoms with van der Waals surface area (Å²) in [4.78, 5) is 33.4. The number of hydrogen-bond acceptors (Lipinski definition) is 4. The lowest BCUT2D eigenvalue weighted by Gasteiger charge is -2.34. The van der Waals surface area contributed by atoms with Crippen molar-refractivity contribution in [2.75, 3.05) is 26.2 Å². The molecule has 3 aromatic rings. The highest BCUT2D eigenvalue weighted by Gasteiger charge is 2.28. The van der Waals surface area contributed by atoms with Gasteiger partial charge in [0.1, 0.15) is 17.2 Å². The zero-order valence-electron chi connectivity index (χ0n) is 16.0. The number of aromatic nitrogens is 2. The van der Waals surface area contributed by atoms with Gasteiger partial charge in [0.25, 0.3) is 11.8 Å². The second kappa shape index (κ2) is 7.34. The lowest BCUT2D eigenvalue weighted by atomic mass is 10.2. The molecule has 1 aliphatic rings. The third-order valence-corrected chi connectivity index (χ3v) is 5.02. The number of aryl methyl sites for hydroxylation is 2. The van der Waals surface area contributed by atoms with Gasteiger partial charge in [-0.15, -0.1) is 0 Å². The van der Waals surface area contributed by atoms with E-state index in [0.29, 0.717) is 43.2 Å². The summed E-state index contributed by atoms with van der Waals surface area (Å²) in [6.07, 6.45) is 3.23. The summed E-state index contributed by atoms with van der Waals surface area (Å²) in [5.74, 6) is 1.23. The van der Waals surface area contributed by atoms with E-state index in [1.54, 1.807) is 39.9 Å². The van der Waals surface area contributed by atoms with Crippen LogP contribution in [0.5, 0.6) is 0 Å². The molecule has 0 saturated carbocycles. The van der Waals surface area contributed by atoms with Crippen molar-refractivity contribution in [3.63, 3.8) is 0 Å². The minimum atomic E-state index is -0.0798. The third-order valence-electron chi connectivity index (χ3n) is 5.02. The minimum Gasteiger partial charge on any atom is -0.466 e. The van der Waals surface area contributed by atoms with Gasteiger partial charge in [0.05, 0.1) is 18.1 Å². The van der Waals surface area contributed by atoms with Gasteiger partial charge in [-0.2, -0.15) is 0 Å². The number of amides is 2. The lowest BCUT2D eigenvalue weighted by molar-refractivity contribution is 0.0530. The van der Waals surface area contributed by atoms with Crippen LogP contribution < -0.4 is 0 Å². The van der Waals surface area contributed by atoms with Crippen LogP contribution in [0.1, 0.15) is 32.4 Å². The van der Waals surface area contributed by atoms with E-state index in [2.05, 4.69) is 4.98 Å². The van der Waals surface area contributed by atoms with Crippen molar-refractivity contribution >= 4 is 11.8 Å². The van der Waals surface area contributed by atoms with E-state index in [1.165, 1.54) is 0 Å². The highest BCUT2D eigenvalue weighted by molar-refractivity contribution is 5.96. The highest BCUT2D eigenvalue weighted by atomic mass is 16.3. The largest absolute Gasteiger partial charge is 0.466 e. The van der Waals surface area contributed by atoms with E-state index < -0.39 is 0 Å². The highest BCUT2D eigenvalue weighted by Crippen LogP contribution is 2.18. The number of rotatable bonds is 3. The molecule has 144 valence electrons. The Kier molecular flexibility index (Phi) is 4.73. The van der Waals surface area contributed by atoms with Gasteiger partial charge in [-0.05, 0) is 32.0 Å². The smallest absolute Gasteiger partial charge is 0.272 e. The van der Waals surface area contributed by atoms with E-state index in [9.17, 15) is 9.59 Å². The molecule has 4 rings (SSSR count). The molecule has 2 aromatic heterocycles. The number of benzene rings is 1. The summed E-state index contributed by atoms with van der Waals surface area (Å²) >= 11 is 0. The number of hydrogen-bond donors (Lipinski definition) is 0. The summed E-state index contributed by atoms with van der Waals surface area (Å²) in [6, 6.07) is 11.4. The van der Waals surface area contributed by atoms with Gasteiger partial charge in [-0.25, -0.2) is 4.98 Å². The Morgan fingerprint density at radius 2 is 1.61 bits per heavy atom. The number of carbonyl (C=O) groups is 2. The van der Waals surface area contributed by atoms with Crippen LogP contribution in [0.15, 0.2) is 53.3 Å². The summed E-state index contributed by atoms with van der Waals surface area (Å²) in [5, 5.41) is 0. The quantitative estimate of drug-likeness (QED) is 0.703. The minimum absolute atomic E-state index is 0.0456. The number of furan rings is 1. The first-order valence-corrected chi connectivity index (χ1v) is 9.28. The van der Waals surface area contributed by atoms with E-state index in [4.69, 9.17) is 4.42 Å². The predicted octanol–water partition coefficient (Wildman–Crippen LogP) is 2.68. The molecular formula is C21H22N4O3. The Morgan fingerprint density at radius 1 is 0.964 bits per heavy atom. The lowest BCUT2D eigenvalue weighted by Crippen LogP contribution is -2.50. The van der Waals surface area contributed by atoms with Crippen LogP contribution in [-0.4, -0.2) is 57.3 Å². The van der Waals surface area contributed by atoms with Gasteiger partial charge in [0.2, 0.25) is 0 Å². The predicted molar refractivity (Wildman–Crippen MR) is 104 cm³/mol. The molecule has 1 fully saturated rings. The fourth-order valence-electron chi connectivity index (χ4n) is 3.54. The van der Waals surface area contributed by atoms with Crippen molar-refractivity contribution in [3.05, 3.63) is 71.7 Å². The maximum atomic E-state index is 13.0. The zero-order valence-corrected chi connectivity index (χ0v) is 16.0. The first-order valence-electron chi connectivity index (χ1n) is 9.28. The number of carbonyl (C=O) groups excluding carboxylic acids is 2. The van der Waals surface area contributed by atoms with E-state index >= 15 is 0 Å². The Labute approximate surface area is 163 Å². The third kappa shape index (κ3) is 3.31. The van der Waals surface area contributed by atoms with Crippen LogP contribution in [0.2, 0.25) is 0 Å². The Morgan fingerprint density at radius 3 is 2.21 bits per heavy atom. The van der Waals surface area contributed by atoms with Crippen molar-refractivity contribution in [2.45, 2.75) is 13.8 Å². The molecule has 2 amide bonds. The second-order valence-corrected chi connectivity index (χ2v) is 6.90. The van der Waals surface area contributed by atoms with Crippen molar-refractivity contribution in [1.29, 1.82) is 0 Å². The van der Waals surface area contributed by atoms with Crippen LogP contribution in [0, 0.1) is 13.8 Å². The maximum absolute atomic E-state index is 13.0. The summed E-state index contributed by atoms with van der Waals surface area (Å²) in [6.45, 7) is 5.59. The zero-order chi connectivity index (χ0) is 19.7. The van der Waals surface area contributed by atoms with Gasteiger partial charge in [-0.1, -0.05) is 18.2 Å². The molecule has 0 N–H and O–H groups in total. The van der Waals surface area contributed by atoms with Crippen molar-refractivity contribution in [3.8, 4) is 5.69 Å². The molecule has 0 aliphatic carbocycles. The molecule has 0 unspecified atom stereocenters. The van der Waals surface area contributed by atoms with Crippen LogP contribution >= 0.6 is 0 Å². The maximum Gasteiger partial charge on any atom is 0.272 e. The van der Waals surface area contributed by atoms with E-state index in [0.717, 1.165) is 11.4 Å². The first kappa shape index (κ1) is 18.0. The van der Waals surface area contributed by atoms with Gasteiger partial charge in [-0.3, -0.25) is 14.2 Å². The second-order valence-electron chi connectivity index (χ2n) is 6.90. The topological polar surface area (TPSA) is 71.6 Å². The Balaban J connectivity index is 1.45. The van der Waals surface area contributed by atoms with Crippen LogP contribution in [-0.2, 0) is 0 Å². The average molecular weight is 378 g/mol. The fourth-order valence-corrected chi connectivity index (χ4v) is 3.54. The number of piperazine rings is 1. The number of nitrogens with zero attached hydrogens (tertiary/aromatic N) is 4. The molecule has 0 bridgehead atoms. The molecule has 1 saturated heterocycles. The summed E-state index contributed by atoms with van der Waals surface area (Å²) in [5.41, 5.74) is 2.01. The molecule has 1 aromatic carbocycles. The van der Waals surface area contributed by atoms with Gasteiger partial charge < -0.3 is 14.2 Å². The van der Waals surface area contributed by atoms with Gasteiger partial charge in [0, 0.05) is 31.9 Å². The molecule has 0 radical (unpaired) electrons. The first-order chi connectivity index (χ1) is 13.5. The molecule has 1 aliphatic heterocycles. The molecular weight excluding hydrogens is 356 g/mol. The van der Waals surface area contributed by atoms with Crippen molar-refractivity contribution < 1.29 is 14.0 Å². The molecule has 0 spiro atoms. The van der Waals surface area contributed by atoms with Crippen LogP contribution in [0.3, 0.4) is 0 Å². The molecule has 28 heavy (non-hydrogen) atoms. The monoisotopic (exact) mass is 378 g/mol. The normalized spacial score (nSPS) is 14.4. The van der Waals surface area contributed by atoms with Gasteiger partial charge in [0.15, 0.2) is 0 Å². The van der Waals surface area contributed by atoms with Crippen molar-refractivity contribution in [2.24, 2.45) is 0 Å². The average Bonchev–Trinajstić information content (AvgIpc) is 3.34.